The van der Waals surface area contributed by atoms with E-state index in [1.165, 1.54) is 17.9 Å². The number of nitrogens with zero attached hydrogens (tertiary/aromatic N) is 1. The topological polar surface area (TPSA) is 29.3 Å². The maximum Gasteiger partial charge on any atom is 0.152 e. The van der Waals surface area contributed by atoms with Gasteiger partial charge in [0, 0.05) is 6.54 Å². The Balaban J connectivity index is 2.96. The summed E-state index contributed by atoms with van der Waals surface area (Å²) in [6, 6.07) is 0. The first kappa shape index (κ1) is 8.85. The second-order valence-corrected chi connectivity index (χ2v) is 2.17. The molecule has 0 aromatic heterocycles. The van der Waals surface area contributed by atoms with Crippen molar-refractivity contribution in [1.29, 1.82) is 0 Å². The lowest BCUT2D eigenvalue weighted by Gasteiger charge is -2.08. The summed E-state index contributed by atoms with van der Waals surface area (Å²) in [5, 5.41) is 1.42. The van der Waals surface area contributed by atoms with Crippen LogP contribution in [0.2, 0.25) is 0 Å². The molecule has 0 aliphatic carbocycles. The molecule has 1 radical (unpaired) electrons. The fourth-order valence-electron chi connectivity index (χ4n) is 0.578. The first-order valence-corrected chi connectivity index (χ1v) is 3.62. The number of hydrazine groups is 1. The van der Waals surface area contributed by atoms with Crippen LogP contribution in [0.25, 0.3) is 0 Å². The molecule has 0 bridgehead atoms. The van der Waals surface area contributed by atoms with Crippen molar-refractivity contribution in [1.82, 2.24) is 5.01 Å². The highest BCUT2D eigenvalue weighted by Gasteiger charge is 1.89. The third kappa shape index (κ3) is 5.73. The largest absolute Gasteiger partial charge is 0.299 e. The highest BCUT2D eigenvalue weighted by molar-refractivity contribution is 7.78. The molecule has 3 heteroatoms. The number of unbranched alkanes of at least 4 members (excludes halogenated alkanes) is 2. The molecule has 0 saturated heterocycles. The van der Waals surface area contributed by atoms with E-state index in [0.29, 0.717) is 0 Å². The van der Waals surface area contributed by atoms with Gasteiger partial charge in [-0.2, -0.15) is 0 Å². The zero-order valence-electron chi connectivity index (χ0n) is 5.76. The fraction of sp³-hybridized carbons (Fsp3) is 0.833. The van der Waals surface area contributed by atoms with Crippen LogP contribution in [0, 0.1) is 0 Å². The summed E-state index contributed by atoms with van der Waals surface area (Å²) in [5.41, 5.74) is 2.42. The Morgan fingerprint density at radius 3 is 2.67 bits per heavy atom. The van der Waals surface area contributed by atoms with Crippen molar-refractivity contribution in [3.05, 3.63) is 0 Å². The minimum atomic E-state index is 0.831. The van der Waals surface area contributed by atoms with E-state index in [-0.39, 0.29) is 0 Å². The summed E-state index contributed by atoms with van der Waals surface area (Å²) < 4.78 is 0. The summed E-state index contributed by atoms with van der Waals surface area (Å²) >= 11 is 4.48. The lowest BCUT2D eigenvalue weighted by atomic mass is 10.2. The second-order valence-electron chi connectivity index (χ2n) is 1.99. The first-order valence-electron chi connectivity index (χ1n) is 3.21. The maximum atomic E-state index is 5.33. The Hall–Kier alpha value is -0.150. The van der Waals surface area contributed by atoms with Crippen LogP contribution < -0.4 is 5.84 Å². The molecule has 2 nitrogen and oxygen atoms in total. The van der Waals surface area contributed by atoms with Gasteiger partial charge in [-0.25, -0.2) is 5.84 Å². The molecule has 0 heterocycles. The number of rotatable bonds is 5. The van der Waals surface area contributed by atoms with Gasteiger partial charge in [0.2, 0.25) is 0 Å². The van der Waals surface area contributed by atoms with Gasteiger partial charge in [0.1, 0.15) is 0 Å². The Kier molecular flexibility index (Phi) is 5.88. The Morgan fingerprint density at radius 1 is 1.56 bits per heavy atom. The van der Waals surface area contributed by atoms with Crippen molar-refractivity contribution in [2.24, 2.45) is 5.84 Å². The van der Waals surface area contributed by atoms with Crippen molar-refractivity contribution >= 4 is 17.7 Å². The van der Waals surface area contributed by atoms with E-state index in [9.17, 15) is 0 Å². The van der Waals surface area contributed by atoms with Crippen molar-refractivity contribution in [2.75, 3.05) is 6.54 Å². The number of hydrogen-bond donors (Lipinski definition) is 1. The third-order valence-electron chi connectivity index (χ3n) is 1.12. The molecule has 0 unspecified atom stereocenters. The molecule has 0 amide bonds. The van der Waals surface area contributed by atoms with Gasteiger partial charge in [-0.1, -0.05) is 32.0 Å². The lowest BCUT2D eigenvalue weighted by Crippen LogP contribution is -2.29. The SMILES string of the molecule is CCCCCN(N)[C]=S. The summed E-state index contributed by atoms with van der Waals surface area (Å²) in [7, 11) is 0. The molecular formula is C6H13N2S. The fourth-order valence-corrected chi connectivity index (χ4v) is 0.669. The van der Waals surface area contributed by atoms with Crippen LogP contribution in [0.3, 0.4) is 0 Å². The lowest BCUT2D eigenvalue weighted by molar-refractivity contribution is 0.438. The number of hydrogen-bond acceptors (Lipinski definition) is 2. The van der Waals surface area contributed by atoms with Crippen LogP contribution in [0.5, 0.6) is 0 Å². The van der Waals surface area contributed by atoms with Crippen molar-refractivity contribution in [3.8, 4) is 0 Å². The molecule has 0 aliphatic rings. The molecule has 0 saturated carbocycles. The van der Waals surface area contributed by atoms with E-state index >= 15 is 0 Å². The van der Waals surface area contributed by atoms with E-state index in [2.05, 4.69) is 24.6 Å². The molecule has 0 fully saturated rings. The molecule has 0 aliphatic heterocycles. The molecule has 0 aromatic rings. The normalized spacial score (nSPS) is 9.11. The predicted octanol–water partition coefficient (Wildman–Crippen LogP) is 1.19. The minimum absolute atomic E-state index is 0.831. The molecule has 0 atom stereocenters. The van der Waals surface area contributed by atoms with Crippen molar-refractivity contribution in [2.45, 2.75) is 26.2 Å². The Morgan fingerprint density at radius 2 is 2.22 bits per heavy atom. The smallest absolute Gasteiger partial charge is 0.152 e. The van der Waals surface area contributed by atoms with Gasteiger partial charge >= 0.3 is 0 Å². The van der Waals surface area contributed by atoms with E-state index in [1.54, 1.807) is 0 Å². The summed E-state index contributed by atoms with van der Waals surface area (Å²) in [4.78, 5) is 0. The van der Waals surface area contributed by atoms with Gasteiger partial charge in [-0.15, -0.1) is 0 Å². The quantitative estimate of drug-likeness (QED) is 0.207. The monoisotopic (exact) mass is 145 g/mol. The predicted molar refractivity (Wildman–Crippen MR) is 43.0 cm³/mol. The van der Waals surface area contributed by atoms with Crippen LogP contribution in [0.1, 0.15) is 26.2 Å². The minimum Gasteiger partial charge on any atom is -0.299 e. The number of nitrogens with two attached hydrogens (primary N) is 1. The summed E-state index contributed by atoms with van der Waals surface area (Å²) in [6.45, 7) is 2.99. The highest BCUT2D eigenvalue weighted by Crippen LogP contribution is 1.92. The Labute approximate surface area is 62.0 Å². The van der Waals surface area contributed by atoms with Crippen LogP contribution in [0.15, 0.2) is 0 Å². The second kappa shape index (κ2) is 5.98. The zero-order valence-corrected chi connectivity index (χ0v) is 6.58. The van der Waals surface area contributed by atoms with Gasteiger partial charge in [-0.3, -0.25) is 5.01 Å². The first-order chi connectivity index (χ1) is 4.31. The van der Waals surface area contributed by atoms with E-state index in [4.69, 9.17) is 5.84 Å². The molecular weight excluding hydrogens is 132 g/mol. The molecule has 9 heavy (non-hydrogen) atoms. The van der Waals surface area contributed by atoms with E-state index in [1.807, 2.05) is 0 Å². The average molecular weight is 145 g/mol. The van der Waals surface area contributed by atoms with E-state index < -0.39 is 0 Å². The molecule has 2 N–H and O–H groups in total. The maximum absolute atomic E-state index is 5.33. The van der Waals surface area contributed by atoms with Gasteiger partial charge in [-0.05, 0) is 6.42 Å². The standard InChI is InChI=1S/C6H13N2S/c1-2-3-4-5-8(7)6-9/h2-5,7H2,1H3. The van der Waals surface area contributed by atoms with Crippen LogP contribution in [-0.4, -0.2) is 17.0 Å². The third-order valence-corrected chi connectivity index (χ3v) is 1.35. The van der Waals surface area contributed by atoms with Gasteiger partial charge in [0.15, 0.2) is 5.49 Å². The van der Waals surface area contributed by atoms with Crippen molar-refractivity contribution in [3.63, 3.8) is 0 Å². The average Bonchev–Trinajstić information content (AvgIpc) is 1.89. The Bertz CT molecular complexity index is 75.5. The summed E-state index contributed by atoms with van der Waals surface area (Å²) in [6.07, 6.45) is 3.53. The zero-order chi connectivity index (χ0) is 7.11. The van der Waals surface area contributed by atoms with Crippen LogP contribution in [0.4, 0.5) is 0 Å². The van der Waals surface area contributed by atoms with Crippen LogP contribution in [-0.2, 0) is 0 Å². The van der Waals surface area contributed by atoms with E-state index in [0.717, 1.165) is 13.0 Å². The summed E-state index contributed by atoms with van der Waals surface area (Å²) in [5.74, 6) is 5.33. The van der Waals surface area contributed by atoms with Gasteiger partial charge < -0.3 is 0 Å². The van der Waals surface area contributed by atoms with Gasteiger partial charge in [0.25, 0.3) is 0 Å². The number of thiocarbonyl (C=S) groups is 1. The molecule has 0 spiro atoms. The highest BCUT2D eigenvalue weighted by atomic mass is 32.1. The van der Waals surface area contributed by atoms with Crippen LogP contribution >= 0.6 is 12.2 Å². The molecule has 0 rings (SSSR count). The van der Waals surface area contributed by atoms with Gasteiger partial charge in [0.05, 0.1) is 0 Å². The molecule has 53 valence electrons. The van der Waals surface area contributed by atoms with Crippen molar-refractivity contribution < 1.29 is 0 Å². The molecule has 0 aromatic carbocycles.